The Morgan fingerprint density at radius 3 is 2.80 bits per heavy atom. The quantitative estimate of drug-likeness (QED) is 0.702. The van der Waals surface area contributed by atoms with Gasteiger partial charge in [0.2, 0.25) is 5.95 Å². The van der Waals surface area contributed by atoms with Crippen LogP contribution in [0.1, 0.15) is 12.8 Å². The van der Waals surface area contributed by atoms with Crippen LogP contribution in [0.5, 0.6) is 0 Å². The Balaban J connectivity index is 2.05. The highest BCUT2D eigenvalue weighted by molar-refractivity contribution is 5.77. The molecule has 0 spiro atoms. The van der Waals surface area contributed by atoms with Gasteiger partial charge in [-0.25, -0.2) is 9.97 Å². The van der Waals surface area contributed by atoms with Gasteiger partial charge in [-0.1, -0.05) is 18.2 Å². The first-order chi connectivity index (χ1) is 7.43. The van der Waals surface area contributed by atoms with Gasteiger partial charge in [0.05, 0.1) is 5.52 Å². The van der Waals surface area contributed by atoms with Gasteiger partial charge in [-0.15, -0.1) is 0 Å². The lowest BCUT2D eigenvalue weighted by molar-refractivity contribution is 0.906. The van der Waals surface area contributed by atoms with Crippen LogP contribution in [0.4, 0.5) is 5.95 Å². The van der Waals surface area contributed by atoms with E-state index in [4.69, 9.17) is 0 Å². The van der Waals surface area contributed by atoms with Gasteiger partial charge in [-0.3, -0.25) is 0 Å². The summed E-state index contributed by atoms with van der Waals surface area (Å²) < 4.78 is 0. The van der Waals surface area contributed by atoms with Crippen LogP contribution >= 0.6 is 0 Å². The van der Waals surface area contributed by atoms with Crippen molar-refractivity contribution in [3.8, 4) is 0 Å². The van der Waals surface area contributed by atoms with Crippen molar-refractivity contribution in [2.45, 2.75) is 12.8 Å². The minimum Gasteiger partial charge on any atom is -0.341 e. The van der Waals surface area contributed by atoms with Crippen molar-refractivity contribution in [1.29, 1.82) is 0 Å². The number of para-hydroxylation sites is 1. The lowest BCUT2D eigenvalue weighted by Crippen LogP contribution is -2.20. The number of hydrogen-bond acceptors (Lipinski definition) is 3. The molecule has 0 unspecified atom stereocenters. The molecule has 1 aromatic heterocycles. The Kier molecular flexibility index (Phi) is 2.02. The summed E-state index contributed by atoms with van der Waals surface area (Å²) in [6, 6.07) is 7.98. The third-order valence-corrected chi connectivity index (χ3v) is 2.79. The lowest BCUT2D eigenvalue weighted by atomic mass is 10.2. The van der Waals surface area contributed by atoms with Gasteiger partial charge < -0.3 is 4.90 Å². The molecule has 1 aliphatic rings. The second-order valence-corrected chi connectivity index (χ2v) is 3.85. The number of fused-ring (bicyclic) bond motifs is 1. The van der Waals surface area contributed by atoms with Gasteiger partial charge in [0, 0.05) is 18.5 Å². The number of aromatic nitrogens is 2. The standard InChI is InChI=1S/C12H12N3/c1-2-6-11-10(5-1)9-13-12(14-11)15-7-3-4-8-15/h1-2,5-6H,3-4,7-8H2. The maximum absolute atomic E-state index is 4.54. The highest BCUT2D eigenvalue weighted by atomic mass is 15.3. The van der Waals surface area contributed by atoms with E-state index in [-0.39, 0.29) is 0 Å². The molecule has 0 aliphatic carbocycles. The largest absolute Gasteiger partial charge is 0.341 e. The second kappa shape index (κ2) is 3.50. The highest BCUT2D eigenvalue weighted by Crippen LogP contribution is 2.18. The summed E-state index contributed by atoms with van der Waals surface area (Å²) in [7, 11) is 0. The first-order valence-electron chi connectivity index (χ1n) is 5.33. The van der Waals surface area contributed by atoms with E-state index in [0.29, 0.717) is 0 Å². The van der Waals surface area contributed by atoms with Gasteiger partial charge in [0.1, 0.15) is 6.20 Å². The number of benzene rings is 1. The van der Waals surface area contributed by atoms with E-state index in [9.17, 15) is 0 Å². The fraction of sp³-hybridized carbons (Fsp3) is 0.333. The van der Waals surface area contributed by atoms with E-state index in [0.717, 1.165) is 29.9 Å². The van der Waals surface area contributed by atoms with E-state index in [1.807, 2.05) is 24.3 Å². The summed E-state index contributed by atoms with van der Waals surface area (Å²) in [4.78, 5) is 11.0. The predicted octanol–water partition coefficient (Wildman–Crippen LogP) is 2.03. The van der Waals surface area contributed by atoms with Gasteiger partial charge in [-0.2, -0.15) is 0 Å². The SMILES string of the molecule is [c]1nc(N2CCCC2)nc2ccccc12. The summed E-state index contributed by atoms with van der Waals surface area (Å²) in [5, 5.41) is 0.987. The molecule has 2 heterocycles. The Hall–Kier alpha value is -1.64. The fourth-order valence-corrected chi connectivity index (χ4v) is 1.97. The van der Waals surface area contributed by atoms with E-state index < -0.39 is 0 Å². The molecule has 75 valence electrons. The zero-order valence-electron chi connectivity index (χ0n) is 8.48. The van der Waals surface area contributed by atoms with Crippen LogP contribution in [0.3, 0.4) is 0 Å². The summed E-state index contributed by atoms with van der Waals surface area (Å²) in [6.07, 6.45) is 5.53. The van der Waals surface area contributed by atoms with E-state index in [1.165, 1.54) is 12.8 Å². The number of rotatable bonds is 1. The van der Waals surface area contributed by atoms with Gasteiger partial charge in [0.15, 0.2) is 0 Å². The van der Waals surface area contributed by atoms with E-state index >= 15 is 0 Å². The van der Waals surface area contributed by atoms with Crippen LogP contribution in [0.2, 0.25) is 0 Å². The zero-order valence-corrected chi connectivity index (χ0v) is 8.48. The van der Waals surface area contributed by atoms with Crippen LogP contribution in [0.25, 0.3) is 10.9 Å². The lowest BCUT2D eigenvalue weighted by Gasteiger charge is -2.14. The molecule has 3 nitrogen and oxygen atoms in total. The fourth-order valence-electron chi connectivity index (χ4n) is 1.97. The summed E-state index contributed by atoms with van der Waals surface area (Å²) in [6.45, 7) is 2.15. The van der Waals surface area contributed by atoms with Gasteiger partial charge in [-0.05, 0) is 18.9 Å². The molecular weight excluding hydrogens is 186 g/mol. The number of nitrogens with zero attached hydrogens (tertiary/aromatic N) is 3. The molecule has 0 N–H and O–H groups in total. The molecule has 1 radical (unpaired) electrons. The average molecular weight is 198 g/mol. The molecule has 1 aromatic carbocycles. The first kappa shape index (κ1) is 8.65. The third kappa shape index (κ3) is 1.54. The smallest absolute Gasteiger partial charge is 0.226 e. The predicted molar refractivity (Wildman–Crippen MR) is 59.8 cm³/mol. The minimum absolute atomic E-state index is 0.825. The molecule has 0 atom stereocenters. The van der Waals surface area contributed by atoms with Crippen LogP contribution < -0.4 is 4.90 Å². The Bertz CT molecular complexity index is 475. The molecule has 15 heavy (non-hydrogen) atoms. The molecular formula is C12H12N3. The van der Waals surface area contributed by atoms with Crippen molar-refractivity contribution in [3.63, 3.8) is 0 Å². The van der Waals surface area contributed by atoms with E-state index in [1.54, 1.807) is 0 Å². The van der Waals surface area contributed by atoms with Gasteiger partial charge >= 0.3 is 0 Å². The van der Waals surface area contributed by atoms with Crippen molar-refractivity contribution in [2.24, 2.45) is 0 Å². The maximum Gasteiger partial charge on any atom is 0.226 e. The molecule has 2 aromatic rings. The molecule has 0 bridgehead atoms. The summed E-state index contributed by atoms with van der Waals surface area (Å²) >= 11 is 0. The molecule has 1 fully saturated rings. The van der Waals surface area contributed by atoms with Crippen LogP contribution in [0, 0.1) is 6.20 Å². The van der Waals surface area contributed by atoms with Crippen LogP contribution in [-0.2, 0) is 0 Å². The van der Waals surface area contributed by atoms with Crippen molar-refractivity contribution < 1.29 is 0 Å². The Labute approximate surface area is 88.8 Å². The molecule has 3 rings (SSSR count). The van der Waals surface area contributed by atoms with Gasteiger partial charge in [0.25, 0.3) is 0 Å². The molecule has 0 amide bonds. The average Bonchev–Trinajstić information content (AvgIpc) is 2.82. The van der Waals surface area contributed by atoms with Crippen molar-refractivity contribution >= 4 is 16.9 Å². The molecule has 1 saturated heterocycles. The van der Waals surface area contributed by atoms with Crippen molar-refractivity contribution in [3.05, 3.63) is 30.5 Å². The van der Waals surface area contributed by atoms with E-state index in [2.05, 4.69) is 21.1 Å². The Morgan fingerprint density at radius 2 is 1.93 bits per heavy atom. The van der Waals surface area contributed by atoms with Crippen LogP contribution in [0.15, 0.2) is 24.3 Å². The van der Waals surface area contributed by atoms with Crippen molar-refractivity contribution in [2.75, 3.05) is 18.0 Å². The molecule has 1 aliphatic heterocycles. The normalized spacial score (nSPS) is 16.1. The Morgan fingerprint density at radius 1 is 1.13 bits per heavy atom. The third-order valence-electron chi connectivity index (χ3n) is 2.79. The molecule has 3 heteroatoms. The zero-order chi connectivity index (χ0) is 10.1. The minimum atomic E-state index is 0.825. The number of anilines is 1. The topological polar surface area (TPSA) is 29.0 Å². The molecule has 0 saturated carbocycles. The summed E-state index contributed by atoms with van der Waals surface area (Å²) in [5.74, 6) is 0.825. The maximum atomic E-state index is 4.54. The highest BCUT2D eigenvalue weighted by Gasteiger charge is 2.14. The number of hydrogen-bond donors (Lipinski definition) is 0. The second-order valence-electron chi connectivity index (χ2n) is 3.85. The first-order valence-corrected chi connectivity index (χ1v) is 5.33. The van der Waals surface area contributed by atoms with Crippen LogP contribution in [-0.4, -0.2) is 23.1 Å². The van der Waals surface area contributed by atoms with Crippen molar-refractivity contribution in [1.82, 2.24) is 9.97 Å². The summed E-state index contributed by atoms with van der Waals surface area (Å²) in [5.41, 5.74) is 0.981. The monoisotopic (exact) mass is 198 g/mol.